The first-order chi connectivity index (χ1) is 17.8. The van der Waals surface area contributed by atoms with E-state index in [1.807, 2.05) is 20.8 Å². The van der Waals surface area contributed by atoms with Crippen LogP contribution in [0.25, 0.3) is 0 Å². The number of Topliss-reactive ketones (excluding diaryl/α,β-unsaturated/α-hetero) is 1. The summed E-state index contributed by atoms with van der Waals surface area (Å²) in [5, 5.41) is 11.3. The minimum absolute atomic E-state index is 0.0967. The highest BCUT2D eigenvalue weighted by Gasteiger charge is 2.70. The molecule has 0 spiro atoms. The van der Waals surface area contributed by atoms with E-state index in [9.17, 15) is 24.3 Å². The molecule has 1 N–H and O–H groups in total. The number of rotatable bonds is 4. The third kappa shape index (κ3) is 3.53. The number of methoxy groups -OCH3 is 1. The number of cyclic esters (lactones) is 1. The van der Waals surface area contributed by atoms with Crippen molar-refractivity contribution in [1.82, 2.24) is 0 Å². The molecule has 3 fully saturated rings. The number of aliphatic hydroxyl groups is 1. The number of allylic oxidation sites excluding steroid dienone is 1. The molecular formula is C29H36O9. The molecule has 1 saturated heterocycles. The predicted octanol–water partition coefficient (Wildman–Crippen LogP) is 3.70. The number of hydrogen-bond donors (Lipinski definition) is 1. The molecule has 206 valence electrons. The molecule has 38 heavy (non-hydrogen) atoms. The van der Waals surface area contributed by atoms with Crippen LogP contribution in [0.3, 0.4) is 0 Å². The van der Waals surface area contributed by atoms with Crippen LogP contribution in [-0.2, 0) is 33.4 Å². The number of ether oxygens (including phenoxy) is 3. The first kappa shape index (κ1) is 26.7. The number of hydrogen-bond acceptors (Lipinski definition) is 9. The van der Waals surface area contributed by atoms with Crippen molar-refractivity contribution in [1.29, 1.82) is 0 Å². The summed E-state index contributed by atoms with van der Waals surface area (Å²) >= 11 is 0. The molecule has 1 aromatic rings. The van der Waals surface area contributed by atoms with Gasteiger partial charge in [0.2, 0.25) is 0 Å². The zero-order valence-electron chi connectivity index (χ0n) is 22.7. The van der Waals surface area contributed by atoms with Gasteiger partial charge in [-0.1, -0.05) is 33.3 Å². The first-order valence-electron chi connectivity index (χ1n) is 13.2. The second-order valence-corrected chi connectivity index (χ2v) is 12.4. The minimum Gasteiger partial charge on any atom is -0.472 e. The maximum Gasteiger partial charge on any atom is 0.335 e. The maximum absolute atomic E-state index is 14.3. The highest BCUT2D eigenvalue weighted by molar-refractivity contribution is 5.93. The van der Waals surface area contributed by atoms with Crippen LogP contribution >= 0.6 is 0 Å². The standard InChI is InChI=1S/C29H36O9/c1-14(30)37-25-17-11-16-18(29(5,23(17)33)22(27(25,2)3)21(32)26(34)35-6)7-9-28(4)19(16)12-20(31)38-24(28)15-8-10-36-13-15/h8,10,13,17-18,21-22,24-25,32H,7,9,11-12H2,1-6H3/t17-,18?,21?,22+,24+,25+,28-,29+/m1/s1. The van der Waals surface area contributed by atoms with Crippen molar-refractivity contribution >= 4 is 23.7 Å². The number of carbonyl (C=O) groups is 4. The van der Waals surface area contributed by atoms with Gasteiger partial charge in [-0.05, 0) is 36.8 Å². The fourth-order valence-corrected chi connectivity index (χ4v) is 8.57. The molecular weight excluding hydrogens is 492 g/mol. The molecule has 2 heterocycles. The average Bonchev–Trinajstić information content (AvgIpc) is 3.38. The normalized spacial score (nSPS) is 38.4. The number of esters is 3. The third-order valence-corrected chi connectivity index (χ3v) is 10.1. The van der Waals surface area contributed by atoms with E-state index in [1.54, 1.807) is 18.6 Å². The van der Waals surface area contributed by atoms with Crippen LogP contribution < -0.4 is 0 Å². The second-order valence-electron chi connectivity index (χ2n) is 12.4. The lowest BCUT2D eigenvalue weighted by atomic mass is 9.40. The molecule has 9 nitrogen and oxygen atoms in total. The Balaban J connectivity index is 1.72. The molecule has 0 amide bonds. The van der Waals surface area contributed by atoms with Gasteiger partial charge in [0.25, 0.3) is 0 Å². The third-order valence-electron chi connectivity index (χ3n) is 10.1. The highest BCUT2D eigenvalue weighted by Crippen LogP contribution is 2.68. The molecule has 0 aromatic carbocycles. The Labute approximate surface area is 221 Å². The molecule has 4 aliphatic rings. The summed E-state index contributed by atoms with van der Waals surface area (Å²) in [6.07, 6.45) is 1.82. The van der Waals surface area contributed by atoms with Gasteiger partial charge < -0.3 is 23.7 Å². The van der Waals surface area contributed by atoms with Gasteiger partial charge in [-0.15, -0.1) is 0 Å². The van der Waals surface area contributed by atoms with Gasteiger partial charge in [-0.3, -0.25) is 14.4 Å². The fraction of sp³-hybridized carbons (Fsp3) is 0.655. The van der Waals surface area contributed by atoms with Gasteiger partial charge in [-0.2, -0.15) is 0 Å². The molecule has 5 rings (SSSR count). The first-order valence-corrected chi connectivity index (χ1v) is 13.2. The summed E-state index contributed by atoms with van der Waals surface area (Å²) in [5.74, 6) is -3.72. The molecule has 0 radical (unpaired) electrons. The van der Waals surface area contributed by atoms with Crippen LogP contribution in [0.4, 0.5) is 0 Å². The highest BCUT2D eigenvalue weighted by atomic mass is 16.6. The summed E-state index contributed by atoms with van der Waals surface area (Å²) in [5.41, 5.74) is 0.102. The summed E-state index contributed by atoms with van der Waals surface area (Å²) in [4.78, 5) is 52.1. The monoisotopic (exact) mass is 528 g/mol. The maximum atomic E-state index is 14.3. The van der Waals surface area contributed by atoms with Gasteiger partial charge in [0.05, 0.1) is 32.0 Å². The van der Waals surface area contributed by atoms with Gasteiger partial charge in [0.1, 0.15) is 18.0 Å². The van der Waals surface area contributed by atoms with E-state index in [4.69, 9.17) is 18.6 Å². The van der Waals surface area contributed by atoms with E-state index in [1.165, 1.54) is 14.0 Å². The van der Waals surface area contributed by atoms with E-state index in [0.717, 1.165) is 16.7 Å². The zero-order chi connectivity index (χ0) is 27.8. The lowest BCUT2D eigenvalue weighted by Gasteiger charge is -2.64. The Morgan fingerprint density at radius 2 is 1.89 bits per heavy atom. The number of fused-ring (bicyclic) bond motifs is 5. The zero-order valence-corrected chi connectivity index (χ0v) is 22.7. The molecule has 9 heteroatoms. The Kier molecular flexibility index (Phi) is 6.17. The largest absolute Gasteiger partial charge is 0.472 e. The van der Waals surface area contributed by atoms with Crippen LogP contribution in [0.15, 0.2) is 34.2 Å². The number of aliphatic hydroxyl groups excluding tert-OH is 1. The van der Waals surface area contributed by atoms with Crippen molar-refractivity contribution in [2.24, 2.45) is 34.0 Å². The Morgan fingerprint density at radius 3 is 2.50 bits per heavy atom. The van der Waals surface area contributed by atoms with Crippen molar-refractivity contribution in [2.45, 2.75) is 78.6 Å². The lowest BCUT2D eigenvalue weighted by molar-refractivity contribution is -0.212. The van der Waals surface area contributed by atoms with Crippen LogP contribution in [0.2, 0.25) is 0 Å². The summed E-state index contributed by atoms with van der Waals surface area (Å²) < 4.78 is 21.9. The van der Waals surface area contributed by atoms with Crippen molar-refractivity contribution in [2.75, 3.05) is 7.11 Å². The van der Waals surface area contributed by atoms with Crippen molar-refractivity contribution in [3.63, 3.8) is 0 Å². The molecule has 2 unspecified atom stereocenters. The fourth-order valence-electron chi connectivity index (χ4n) is 8.57. The van der Waals surface area contributed by atoms with E-state index in [-0.39, 0.29) is 24.1 Å². The van der Waals surface area contributed by atoms with E-state index in [2.05, 4.69) is 6.92 Å². The van der Waals surface area contributed by atoms with E-state index >= 15 is 0 Å². The smallest absolute Gasteiger partial charge is 0.335 e. The topological polar surface area (TPSA) is 129 Å². The SMILES string of the molecule is COC(=O)C(O)[C@H]1C(C)(C)[C@@H](OC(C)=O)[C@@H]2CC3=C4CC(=O)O[C@@H](c5ccoc5)[C@]4(C)CCC3[C@]1(C)C2=O. The lowest BCUT2D eigenvalue weighted by Crippen LogP contribution is -2.69. The van der Waals surface area contributed by atoms with Crippen molar-refractivity contribution in [3.8, 4) is 0 Å². The van der Waals surface area contributed by atoms with Gasteiger partial charge in [0.15, 0.2) is 6.10 Å². The van der Waals surface area contributed by atoms with Crippen molar-refractivity contribution < 1.29 is 42.9 Å². The second kappa shape index (κ2) is 8.79. The van der Waals surface area contributed by atoms with Crippen LogP contribution in [0.1, 0.15) is 72.0 Å². The summed E-state index contributed by atoms with van der Waals surface area (Å²) in [7, 11) is 1.20. The number of ketones is 1. The summed E-state index contributed by atoms with van der Waals surface area (Å²) in [6, 6.07) is 1.80. The molecule has 3 aliphatic carbocycles. The van der Waals surface area contributed by atoms with Crippen LogP contribution in [0.5, 0.6) is 0 Å². The van der Waals surface area contributed by atoms with E-state index < -0.39 is 58.3 Å². The van der Waals surface area contributed by atoms with Crippen LogP contribution in [-0.4, -0.2) is 48.1 Å². The van der Waals surface area contributed by atoms with Crippen LogP contribution in [0, 0.1) is 34.0 Å². The van der Waals surface area contributed by atoms with Gasteiger partial charge >= 0.3 is 17.9 Å². The van der Waals surface area contributed by atoms with Crippen molar-refractivity contribution in [3.05, 3.63) is 35.3 Å². The Bertz CT molecular complexity index is 1210. The molecule has 1 aromatic heterocycles. The predicted molar refractivity (Wildman–Crippen MR) is 132 cm³/mol. The molecule has 2 bridgehead atoms. The number of carbonyl (C=O) groups excluding carboxylic acids is 4. The quantitative estimate of drug-likeness (QED) is 0.353. The Hall–Kier alpha value is -2.94. The molecule has 1 aliphatic heterocycles. The van der Waals surface area contributed by atoms with Gasteiger partial charge in [0, 0.05) is 34.7 Å². The molecule has 2 saturated carbocycles. The minimum atomic E-state index is -1.60. The average molecular weight is 529 g/mol. The number of furan rings is 1. The Morgan fingerprint density at radius 1 is 1.18 bits per heavy atom. The van der Waals surface area contributed by atoms with E-state index in [0.29, 0.717) is 19.3 Å². The molecule has 8 atom stereocenters. The summed E-state index contributed by atoms with van der Waals surface area (Å²) in [6.45, 7) is 8.88. The van der Waals surface area contributed by atoms with Gasteiger partial charge in [-0.25, -0.2) is 4.79 Å².